The van der Waals surface area contributed by atoms with Crippen LogP contribution in [-0.2, 0) is 4.74 Å². The van der Waals surface area contributed by atoms with Gasteiger partial charge >= 0.3 is 0 Å². The van der Waals surface area contributed by atoms with E-state index in [1.807, 2.05) is 19.1 Å². The molecule has 0 spiro atoms. The summed E-state index contributed by atoms with van der Waals surface area (Å²) in [5.74, 6) is 0.904. The van der Waals surface area contributed by atoms with Gasteiger partial charge < -0.3 is 14.8 Å². The number of rotatable bonds is 5. The minimum absolute atomic E-state index is 0.0473. The van der Waals surface area contributed by atoms with Crippen LogP contribution >= 0.6 is 11.3 Å². The van der Waals surface area contributed by atoms with Crippen LogP contribution in [0.3, 0.4) is 0 Å². The standard InChI is InChI=1S/C15H20N2O2S/c1-3-18-11-5-6-12-13(9-11)20-14(17-12)16-10-15(2)7-4-8-19-15/h5-6,9H,3-4,7-8,10H2,1-2H3,(H,16,17). The van der Waals surface area contributed by atoms with E-state index in [1.165, 1.54) is 0 Å². The van der Waals surface area contributed by atoms with E-state index in [1.54, 1.807) is 11.3 Å². The van der Waals surface area contributed by atoms with Crippen molar-refractivity contribution in [3.8, 4) is 5.75 Å². The highest BCUT2D eigenvalue weighted by Crippen LogP contribution is 2.31. The SMILES string of the molecule is CCOc1ccc2nc(NCC3(C)CCCO3)sc2c1. The van der Waals surface area contributed by atoms with Crippen molar-refractivity contribution in [2.75, 3.05) is 25.1 Å². The van der Waals surface area contributed by atoms with Gasteiger partial charge in [-0.05, 0) is 44.9 Å². The van der Waals surface area contributed by atoms with Gasteiger partial charge in [0.15, 0.2) is 5.13 Å². The molecule has 2 heterocycles. The summed E-state index contributed by atoms with van der Waals surface area (Å²) in [5.41, 5.74) is 0.965. The van der Waals surface area contributed by atoms with Crippen LogP contribution < -0.4 is 10.1 Å². The number of nitrogens with zero attached hydrogens (tertiary/aromatic N) is 1. The summed E-state index contributed by atoms with van der Waals surface area (Å²) in [7, 11) is 0. The summed E-state index contributed by atoms with van der Waals surface area (Å²) in [5, 5.41) is 4.36. The number of hydrogen-bond acceptors (Lipinski definition) is 5. The average Bonchev–Trinajstić information content (AvgIpc) is 3.03. The lowest BCUT2D eigenvalue weighted by Crippen LogP contribution is -2.32. The second kappa shape index (κ2) is 5.58. The number of thiazole rings is 1. The number of anilines is 1. The fourth-order valence-electron chi connectivity index (χ4n) is 2.48. The molecule has 1 atom stereocenters. The van der Waals surface area contributed by atoms with E-state index in [0.717, 1.165) is 47.1 Å². The van der Waals surface area contributed by atoms with E-state index < -0.39 is 0 Å². The van der Waals surface area contributed by atoms with Crippen molar-refractivity contribution in [3.63, 3.8) is 0 Å². The Morgan fingerprint density at radius 3 is 3.15 bits per heavy atom. The molecular formula is C15H20N2O2S. The van der Waals surface area contributed by atoms with Gasteiger partial charge in [0.05, 0.1) is 22.4 Å². The number of benzene rings is 1. The fourth-order valence-corrected chi connectivity index (χ4v) is 3.37. The fraction of sp³-hybridized carbons (Fsp3) is 0.533. The zero-order chi connectivity index (χ0) is 14.0. The minimum atomic E-state index is -0.0473. The Hall–Kier alpha value is -1.33. The van der Waals surface area contributed by atoms with Crippen LogP contribution in [0.4, 0.5) is 5.13 Å². The summed E-state index contributed by atoms with van der Waals surface area (Å²) < 4.78 is 12.4. The maximum atomic E-state index is 5.78. The van der Waals surface area contributed by atoms with E-state index in [2.05, 4.69) is 23.3 Å². The van der Waals surface area contributed by atoms with Crippen LogP contribution in [0.5, 0.6) is 5.75 Å². The summed E-state index contributed by atoms with van der Waals surface area (Å²) in [4.78, 5) is 4.60. The molecule has 4 nitrogen and oxygen atoms in total. The van der Waals surface area contributed by atoms with Gasteiger partial charge in [-0.25, -0.2) is 4.98 Å². The number of nitrogens with one attached hydrogen (secondary N) is 1. The molecule has 1 saturated heterocycles. The lowest BCUT2D eigenvalue weighted by molar-refractivity contribution is 0.0315. The first-order valence-electron chi connectivity index (χ1n) is 7.10. The molecule has 0 amide bonds. The highest BCUT2D eigenvalue weighted by atomic mass is 32.1. The molecule has 1 N–H and O–H groups in total. The van der Waals surface area contributed by atoms with E-state index >= 15 is 0 Å². The predicted molar refractivity (Wildman–Crippen MR) is 82.9 cm³/mol. The Morgan fingerprint density at radius 2 is 2.40 bits per heavy atom. The van der Waals surface area contributed by atoms with Crippen molar-refractivity contribution in [3.05, 3.63) is 18.2 Å². The summed E-state index contributed by atoms with van der Waals surface area (Å²) >= 11 is 1.66. The van der Waals surface area contributed by atoms with E-state index in [9.17, 15) is 0 Å². The monoisotopic (exact) mass is 292 g/mol. The smallest absolute Gasteiger partial charge is 0.183 e. The molecule has 0 aliphatic carbocycles. The number of ether oxygens (including phenoxy) is 2. The van der Waals surface area contributed by atoms with Gasteiger partial charge in [-0.15, -0.1) is 0 Å². The predicted octanol–water partition coefficient (Wildman–Crippen LogP) is 3.68. The summed E-state index contributed by atoms with van der Waals surface area (Å²) in [6.07, 6.45) is 2.26. The molecule has 1 aliphatic heterocycles. The molecule has 1 fully saturated rings. The molecule has 20 heavy (non-hydrogen) atoms. The quantitative estimate of drug-likeness (QED) is 0.913. The third-order valence-electron chi connectivity index (χ3n) is 3.58. The Morgan fingerprint density at radius 1 is 1.50 bits per heavy atom. The Labute approximate surface area is 123 Å². The van der Waals surface area contributed by atoms with Gasteiger partial charge in [0.25, 0.3) is 0 Å². The maximum Gasteiger partial charge on any atom is 0.183 e. The largest absolute Gasteiger partial charge is 0.494 e. The van der Waals surface area contributed by atoms with Crippen LogP contribution in [0.15, 0.2) is 18.2 Å². The molecule has 1 aromatic carbocycles. The third kappa shape index (κ3) is 2.88. The van der Waals surface area contributed by atoms with Crippen LogP contribution in [0, 0.1) is 0 Å². The Kier molecular flexibility index (Phi) is 3.81. The molecule has 3 rings (SSSR count). The van der Waals surface area contributed by atoms with Crippen molar-refractivity contribution in [1.82, 2.24) is 4.98 Å². The zero-order valence-corrected chi connectivity index (χ0v) is 12.8. The molecule has 1 aliphatic rings. The van der Waals surface area contributed by atoms with Gasteiger partial charge in [-0.3, -0.25) is 0 Å². The van der Waals surface area contributed by atoms with E-state index in [4.69, 9.17) is 9.47 Å². The van der Waals surface area contributed by atoms with E-state index in [0.29, 0.717) is 6.61 Å². The molecule has 0 radical (unpaired) electrons. The third-order valence-corrected chi connectivity index (χ3v) is 4.56. The normalized spacial score (nSPS) is 22.3. The second-order valence-corrected chi connectivity index (χ2v) is 6.37. The first kappa shape index (κ1) is 13.6. The van der Waals surface area contributed by atoms with Gasteiger partial charge in [0, 0.05) is 13.2 Å². The zero-order valence-electron chi connectivity index (χ0n) is 11.9. The maximum absolute atomic E-state index is 5.78. The minimum Gasteiger partial charge on any atom is -0.494 e. The molecular weight excluding hydrogens is 272 g/mol. The molecule has 5 heteroatoms. The lowest BCUT2D eigenvalue weighted by Gasteiger charge is -2.22. The van der Waals surface area contributed by atoms with Gasteiger partial charge in [-0.1, -0.05) is 11.3 Å². The average molecular weight is 292 g/mol. The molecule has 1 unspecified atom stereocenters. The Balaban J connectivity index is 1.72. The van der Waals surface area contributed by atoms with Crippen molar-refractivity contribution >= 4 is 26.7 Å². The molecule has 0 bridgehead atoms. The summed E-state index contributed by atoms with van der Waals surface area (Å²) in [6.45, 7) is 6.52. The highest BCUT2D eigenvalue weighted by Gasteiger charge is 2.29. The van der Waals surface area contributed by atoms with Crippen LogP contribution in [0.2, 0.25) is 0 Å². The number of aromatic nitrogens is 1. The first-order valence-corrected chi connectivity index (χ1v) is 7.91. The van der Waals surface area contributed by atoms with Crippen molar-refractivity contribution in [1.29, 1.82) is 0 Å². The van der Waals surface area contributed by atoms with Gasteiger partial charge in [-0.2, -0.15) is 0 Å². The first-order chi connectivity index (χ1) is 9.68. The van der Waals surface area contributed by atoms with Crippen molar-refractivity contribution < 1.29 is 9.47 Å². The summed E-state index contributed by atoms with van der Waals surface area (Å²) in [6, 6.07) is 6.03. The molecule has 108 valence electrons. The van der Waals surface area contributed by atoms with Gasteiger partial charge in [0.1, 0.15) is 5.75 Å². The van der Waals surface area contributed by atoms with Crippen LogP contribution in [0.1, 0.15) is 26.7 Å². The highest BCUT2D eigenvalue weighted by molar-refractivity contribution is 7.22. The lowest BCUT2D eigenvalue weighted by atomic mass is 10.0. The molecule has 0 saturated carbocycles. The van der Waals surface area contributed by atoms with Crippen LogP contribution in [-0.4, -0.2) is 30.3 Å². The number of fused-ring (bicyclic) bond motifs is 1. The van der Waals surface area contributed by atoms with Crippen LogP contribution in [0.25, 0.3) is 10.2 Å². The van der Waals surface area contributed by atoms with Crippen molar-refractivity contribution in [2.24, 2.45) is 0 Å². The number of hydrogen-bond donors (Lipinski definition) is 1. The second-order valence-electron chi connectivity index (χ2n) is 5.34. The van der Waals surface area contributed by atoms with Gasteiger partial charge in [0.2, 0.25) is 0 Å². The topological polar surface area (TPSA) is 43.4 Å². The molecule has 1 aromatic heterocycles. The Bertz CT molecular complexity index is 591. The van der Waals surface area contributed by atoms with Crippen molar-refractivity contribution in [2.45, 2.75) is 32.3 Å². The van der Waals surface area contributed by atoms with E-state index in [-0.39, 0.29) is 5.60 Å². The molecule has 2 aromatic rings.